The first-order valence-electron chi connectivity index (χ1n) is 10.2. The second-order valence-electron chi connectivity index (χ2n) is 7.09. The Labute approximate surface area is 197 Å². The van der Waals surface area contributed by atoms with Crippen LogP contribution in [0.25, 0.3) is 0 Å². The number of hydrazone groups is 1. The van der Waals surface area contributed by atoms with E-state index in [1.54, 1.807) is 42.5 Å². The van der Waals surface area contributed by atoms with E-state index in [9.17, 15) is 17.6 Å². The molecule has 1 N–H and O–H groups in total. The maximum atomic E-state index is 13.7. The minimum absolute atomic E-state index is 0.0754. The number of benzene rings is 3. The lowest BCUT2D eigenvalue weighted by atomic mass is 10.2. The summed E-state index contributed by atoms with van der Waals surface area (Å²) in [7, 11) is -1.43. The maximum Gasteiger partial charge on any atom is 0.255 e. The molecule has 0 saturated carbocycles. The summed E-state index contributed by atoms with van der Waals surface area (Å²) in [6, 6.07) is 19.1. The van der Waals surface area contributed by atoms with Crippen LogP contribution in [0.5, 0.6) is 11.5 Å². The van der Waals surface area contributed by atoms with Crippen molar-refractivity contribution in [2.45, 2.75) is 11.4 Å². The number of hydrogen-bond donors (Lipinski definition) is 1. The molecule has 0 saturated heterocycles. The first kappa shape index (κ1) is 24.9. The summed E-state index contributed by atoms with van der Waals surface area (Å²) in [6.45, 7) is -0.611. The van der Waals surface area contributed by atoms with Crippen LogP contribution in [0.3, 0.4) is 0 Å². The van der Waals surface area contributed by atoms with Crippen molar-refractivity contribution in [3.63, 3.8) is 0 Å². The topological polar surface area (TPSA) is 97.3 Å². The predicted molar refractivity (Wildman–Crippen MR) is 126 cm³/mol. The van der Waals surface area contributed by atoms with Crippen LogP contribution in [0, 0.1) is 5.82 Å². The fourth-order valence-electron chi connectivity index (χ4n) is 3.09. The van der Waals surface area contributed by atoms with E-state index in [1.165, 1.54) is 44.6 Å². The molecule has 8 nitrogen and oxygen atoms in total. The fraction of sp³-hybridized carbons (Fsp3) is 0.167. The van der Waals surface area contributed by atoms with Gasteiger partial charge in [-0.15, -0.1) is 0 Å². The van der Waals surface area contributed by atoms with Crippen LogP contribution < -0.4 is 14.9 Å². The van der Waals surface area contributed by atoms with Gasteiger partial charge in [-0.2, -0.15) is 9.41 Å². The van der Waals surface area contributed by atoms with Gasteiger partial charge < -0.3 is 9.47 Å². The van der Waals surface area contributed by atoms with Crippen molar-refractivity contribution < 1.29 is 27.1 Å². The standard InChI is InChI=1S/C24H24FN3O5S/c1-32-20-12-13-22(33-2)23(14-20)34(30,31)28(16-18-8-4-3-5-9-18)17-24(29)27-26-15-19-10-6-7-11-21(19)25/h3-15H,16-17H2,1-2H3,(H,27,29). The van der Waals surface area contributed by atoms with Crippen molar-refractivity contribution in [2.75, 3.05) is 20.8 Å². The quantitative estimate of drug-likeness (QED) is 0.351. The number of nitrogens with zero attached hydrogens (tertiary/aromatic N) is 2. The summed E-state index contributed by atoms with van der Waals surface area (Å²) in [5.41, 5.74) is 3.11. The molecule has 0 unspecified atom stereocenters. The van der Waals surface area contributed by atoms with Gasteiger partial charge in [-0.3, -0.25) is 4.79 Å². The van der Waals surface area contributed by atoms with Crippen molar-refractivity contribution in [1.29, 1.82) is 0 Å². The zero-order chi connectivity index (χ0) is 24.6. The molecule has 0 spiro atoms. The number of carbonyl (C=O) groups is 1. The Bertz CT molecular complexity index is 1270. The molecule has 0 aromatic heterocycles. The number of rotatable bonds is 10. The molecular formula is C24H24FN3O5S. The van der Waals surface area contributed by atoms with Gasteiger partial charge in [0, 0.05) is 18.2 Å². The van der Waals surface area contributed by atoms with Crippen molar-refractivity contribution >= 4 is 22.1 Å². The molecule has 0 aliphatic carbocycles. The third-order valence-corrected chi connectivity index (χ3v) is 6.62. The number of nitrogens with one attached hydrogen (secondary N) is 1. The second-order valence-corrected chi connectivity index (χ2v) is 9.00. The van der Waals surface area contributed by atoms with E-state index >= 15 is 0 Å². The Kier molecular flexibility index (Phi) is 8.34. The predicted octanol–water partition coefficient (Wildman–Crippen LogP) is 3.18. The summed E-state index contributed by atoms with van der Waals surface area (Å²) >= 11 is 0. The molecule has 3 aromatic rings. The number of amides is 1. The Balaban J connectivity index is 1.88. The molecule has 3 rings (SSSR count). The van der Waals surface area contributed by atoms with Gasteiger partial charge >= 0.3 is 0 Å². The van der Waals surface area contributed by atoms with Gasteiger partial charge in [0.05, 0.1) is 27.0 Å². The smallest absolute Gasteiger partial charge is 0.255 e. The molecule has 34 heavy (non-hydrogen) atoms. The van der Waals surface area contributed by atoms with E-state index < -0.39 is 28.3 Å². The maximum absolute atomic E-state index is 13.7. The monoisotopic (exact) mass is 485 g/mol. The zero-order valence-electron chi connectivity index (χ0n) is 18.6. The molecule has 0 aliphatic rings. The van der Waals surface area contributed by atoms with Crippen LogP contribution in [0.2, 0.25) is 0 Å². The first-order chi connectivity index (χ1) is 16.3. The number of sulfonamides is 1. The number of hydrogen-bond acceptors (Lipinski definition) is 6. The molecule has 0 heterocycles. The van der Waals surface area contributed by atoms with E-state index in [0.717, 1.165) is 10.5 Å². The van der Waals surface area contributed by atoms with E-state index in [1.807, 2.05) is 0 Å². The number of ether oxygens (including phenoxy) is 2. The molecule has 0 fully saturated rings. The Morgan fingerprint density at radius 1 is 1.03 bits per heavy atom. The van der Waals surface area contributed by atoms with E-state index in [-0.39, 0.29) is 22.8 Å². The lowest BCUT2D eigenvalue weighted by Crippen LogP contribution is -2.39. The molecule has 0 atom stereocenters. The molecule has 0 radical (unpaired) electrons. The van der Waals surface area contributed by atoms with Crippen molar-refractivity contribution in [2.24, 2.45) is 5.10 Å². The third-order valence-electron chi connectivity index (χ3n) is 4.81. The molecular weight excluding hydrogens is 461 g/mol. The summed E-state index contributed by atoms with van der Waals surface area (Å²) in [6.07, 6.45) is 1.15. The Morgan fingerprint density at radius 3 is 2.41 bits per heavy atom. The van der Waals surface area contributed by atoms with Crippen molar-refractivity contribution in [3.05, 3.63) is 89.7 Å². The molecule has 0 aliphatic heterocycles. The van der Waals surface area contributed by atoms with Gasteiger partial charge in [0.1, 0.15) is 22.2 Å². The lowest BCUT2D eigenvalue weighted by Gasteiger charge is -2.23. The highest BCUT2D eigenvalue weighted by Crippen LogP contribution is 2.31. The minimum Gasteiger partial charge on any atom is -0.497 e. The summed E-state index contributed by atoms with van der Waals surface area (Å²) < 4.78 is 52.3. The Morgan fingerprint density at radius 2 is 1.74 bits per heavy atom. The van der Waals surface area contributed by atoms with Crippen LogP contribution >= 0.6 is 0 Å². The van der Waals surface area contributed by atoms with E-state index in [2.05, 4.69) is 10.5 Å². The van der Waals surface area contributed by atoms with Gasteiger partial charge in [-0.05, 0) is 23.8 Å². The van der Waals surface area contributed by atoms with Gasteiger partial charge in [0.25, 0.3) is 5.91 Å². The SMILES string of the molecule is COc1ccc(OC)c(S(=O)(=O)N(CC(=O)NN=Cc2ccccc2F)Cc2ccccc2)c1. The number of carbonyl (C=O) groups excluding carboxylic acids is 1. The highest BCUT2D eigenvalue weighted by molar-refractivity contribution is 7.89. The van der Waals surface area contributed by atoms with Crippen LogP contribution in [0.4, 0.5) is 4.39 Å². The van der Waals surface area contributed by atoms with Gasteiger partial charge in [-0.25, -0.2) is 18.2 Å². The number of methoxy groups -OCH3 is 2. The van der Waals surface area contributed by atoms with Crippen molar-refractivity contribution in [3.8, 4) is 11.5 Å². The average molecular weight is 486 g/mol. The van der Waals surface area contributed by atoms with Crippen LogP contribution in [-0.2, 0) is 21.4 Å². The molecule has 1 amide bonds. The highest BCUT2D eigenvalue weighted by atomic mass is 32.2. The molecule has 10 heteroatoms. The fourth-order valence-corrected chi connectivity index (χ4v) is 4.64. The van der Waals surface area contributed by atoms with Gasteiger partial charge in [-0.1, -0.05) is 48.5 Å². The summed E-state index contributed by atoms with van der Waals surface area (Å²) in [4.78, 5) is 12.4. The largest absolute Gasteiger partial charge is 0.497 e. The Hall–Kier alpha value is -3.76. The first-order valence-corrected chi connectivity index (χ1v) is 11.6. The highest BCUT2D eigenvalue weighted by Gasteiger charge is 2.30. The normalized spacial score (nSPS) is 11.5. The molecule has 3 aromatic carbocycles. The average Bonchev–Trinajstić information content (AvgIpc) is 2.85. The van der Waals surface area contributed by atoms with Gasteiger partial charge in [0.15, 0.2) is 0 Å². The summed E-state index contributed by atoms with van der Waals surface area (Å²) in [5, 5.41) is 3.75. The zero-order valence-corrected chi connectivity index (χ0v) is 19.5. The van der Waals surface area contributed by atoms with Gasteiger partial charge in [0.2, 0.25) is 10.0 Å². The minimum atomic E-state index is -4.20. The molecule has 178 valence electrons. The third kappa shape index (κ3) is 6.18. The second kappa shape index (κ2) is 11.4. The molecule has 0 bridgehead atoms. The summed E-state index contributed by atoms with van der Waals surface area (Å²) in [5.74, 6) is -0.775. The van der Waals surface area contributed by atoms with E-state index in [4.69, 9.17) is 9.47 Å². The lowest BCUT2D eigenvalue weighted by molar-refractivity contribution is -0.121. The van der Waals surface area contributed by atoms with Crippen LogP contribution in [0.15, 0.2) is 82.8 Å². The van der Waals surface area contributed by atoms with E-state index in [0.29, 0.717) is 11.3 Å². The van der Waals surface area contributed by atoms with Crippen molar-refractivity contribution in [1.82, 2.24) is 9.73 Å². The van der Waals surface area contributed by atoms with Crippen LogP contribution in [-0.4, -0.2) is 45.6 Å². The van der Waals surface area contributed by atoms with Crippen LogP contribution in [0.1, 0.15) is 11.1 Å². The number of halogens is 1.